The zero-order valence-corrected chi connectivity index (χ0v) is 21.4. The van der Waals surface area contributed by atoms with E-state index in [0.29, 0.717) is 30.4 Å². The number of halogens is 1. The van der Waals surface area contributed by atoms with E-state index in [0.717, 1.165) is 0 Å². The number of esters is 1. The number of fused-ring (bicyclic) bond motifs is 5. The van der Waals surface area contributed by atoms with Gasteiger partial charge in [0, 0.05) is 23.3 Å². The largest absolute Gasteiger partial charge is 0.457 e. The van der Waals surface area contributed by atoms with Crippen LogP contribution in [0, 0.1) is 28.6 Å². The zero-order chi connectivity index (χ0) is 24.3. The van der Waals surface area contributed by atoms with Crippen molar-refractivity contribution in [3.05, 3.63) is 35.5 Å². The van der Waals surface area contributed by atoms with E-state index in [9.17, 15) is 14.4 Å². The van der Waals surface area contributed by atoms with Crippen LogP contribution in [0.4, 0.5) is 4.39 Å². The standard InChI is InChI=1S/C26H35FO5Si/c1-15(28)31-14-22(30)19-8-7-18-17-12-21(27)20-11-16(29)9-10-25(20,2)24(17)23(13-26(18,19)3)32-33(4,5)6/h8-11,17-18,21,23-24H,7,12-14H2,1-6H3/t17-,18-,21-,23-,24+,25-,26-/m0/s1. The first kappa shape index (κ1) is 24.3. The topological polar surface area (TPSA) is 69.7 Å². The van der Waals surface area contributed by atoms with E-state index in [-0.39, 0.29) is 42.0 Å². The highest BCUT2D eigenvalue weighted by atomic mass is 28.4. The highest BCUT2D eigenvalue weighted by Gasteiger charge is 2.63. The Bertz CT molecular complexity index is 976. The van der Waals surface area contributed by atoms with Gasteiger partial charge in [-0.1, -0.05) is 26.0 Å². The second kappa shape index (κ2) is 8.12. The lowest BCUT2D eigenvalue weighted by atomic mass is 9.46. The number of Topliss-reactive ketones (excluding diaryl/α,β-unsaturated/α-hetero) is 1. The summed E-state index contributed by atoms with van der Waals surface area (Å²) in [5, 5.41) is 0. The summed E-state index contributed by atoms with van der Waals surface area (Å²) in [6, 6.07) is 0. The minimum absolute atomic E-state index is 0.00961. The minimum atomic E-state index is -1.98. The van der Waals surface area contributed by atoms with Crippen LogP contribution >= 0.6 is 0 Å². The molecule has 180 valence electrons. The quantitative estimate of drug-likeness (QED) is 0.425. The second-order valence-electron chi connectivity index (χ2n) is 11.6. The summed E-state index contributed by atoms with van der Waals surface area (Å²) in [6.07, 6.45) is 7.26. The molecule has 0 heterocycles. The smallest absolute Gasteiger partial charge is 0.303 e. The van der Waals surface area contributed by atoms with Crippen LogP contribution < -0.4 is 0 Å². The molecule has 0 amide bonds. The van der Waals surface area contributed by atoms with E-state index >= 15 is 4.39 Å². The average molecular weight is 475 g/mol. The summed E-state index contributed by atoms with van der Waals surface area (Å²) >= 11 is 0. The van der Waals surface area contributed by atoms with Crippen molar-refractivity contribution in [3.63, 3.8) is 0 Å². The molecule has 7 heteroatoms. The molecule has 0 aromatic rings. The third kappa shape index (κ3) is 4.12. The van der Waals surface area contributed by atoms with E-state index < -0.39 is 31.3 Å². The molecule has 0 spiro atoms. The SMILES string of the molecule is CC(=O)OCC(=O)C1=CC[C@H]2[C@@H]3C[C@H](F)C4=CC(=O)C=C[C@]4(C)[C@H]3[C@@H](O[Si](C)(C)C)C[C@]12C. The third-order valence-corrected chi connectivity index (χ3v) is 9.26. The minimum Gasteiger partial charge on any atom is -0.457 e. The van der Waals surface area contributed by atoms with Gasteiger partial charge in [0.2, 0.25) is 0 Å². The van der Waals surface area contributed by atoms with E-state index in [1.807, 2.05) is 19.1 Å². The fraction of sp³-hybridized carbons (Fsp3) is 0.654. The van der Waals surface area contributed by atoms with Crippen molar-refractivity contribution in [2.45, 2.75) is 72.0 Å². The Kier molecular flexibility index (Phi) is 5.97. The number of carbonyl (C=O) groups excluding carboxylic acids is 3. The first-order valence-corrected chi connectivity index (χ1v) is 15.3. The van der Waals surface area contributed by atoms with Gasteiger partial charge in [0.15, 0.2) is 26.5 Å². The molecule has 4 aliphatic rings. The maximum atomic E-state index is 15.6. The summed E-state index contributed by atoms with van der Waals surface area (Å²) in [5.41, 5.74) is 0.203. The molecule has 33 heavy (non-hydrogen) atoms. The number of rotatable bonds is 5. The van der Waals surface area contributed by atoms with Crippen molar-refractivity contribution < 1.29 is 27.9 Å². The predicted octanol–water partition coefficient (Wildman–Crippen LogP) is 4.74. The molecule has 0 aromatic heterocycles. The lowest BCUT2D eigenvalue weighted by molar-refractivity contribution is -0.145. The van der Waals surface area contributed by atoms with Crippen molar-refractivity contribution >= 4 is 25.9 Å². The van der Waals surface area contributed by atoms with Gasteiger partial charge in [-0.2, -0.15) is 0 Å². The predicted molar refractivity (Wildman–Crippen MR) is 126 cm³/mol. The molecule has 2 saturated carbocycles. The molecular formula is C26H35FO5Si. The molecule has 0 N–H and O–H groups in total. The van der Waals surface area contributed by atoms with Crippen LogP contribution in [0.5, 0.6) is 0 Å². The fourth-order valence-electron chi connectivity index (χ4n) is 7.11. The maximum Gasteiger partial charge on any atom is 0.303 e. The molecule has 2 fully saturated rings. The van der Waals surface area contributed by atoms with Gasteiger partial charge in [-0.25, -0.2) is 4.39 Å². The number of hydrogen-bond donors (Lipinski definition) is 0. The first-order valence-electron chi connectivity index (χ1n) is 11.9. The van der Waals surface area contributed by atoms with Crippen LogP contribution in [0.3, 0.4) is 0 Å². The highest BCUT2D eigenvalue weighted by Crippen LogP contribution is 2.65. The molecule has 7 atom stereocenters. The lowest BCUT2D eigenvalue weighted by Gasteiger charge is -2.60. The molecule has 0 bridgehead atoms. The van der Waals surface area contributed by atoms with E-state index in [1.165, 1.54) is 13.0 Å². The van der Waals surface area contributed by atoms with Crippen LogP contribution in [0.2, 0.25) is 19.6 Å². The summed E-state index contributed by atoms with van der Waals surface area (Å²) in [4.78, 5) is 36.4. The van der Waals surface area contributed by atoms with Gasteiger partial charge in [0.05, 0.1) is 6.10 Å². The molecule has 4 aliphatic carbocycles. The summed E-state index contributed by atoms with van der Waals surface area (Å²) in [5.74, 6) is -0.680. The number of allylic oxidation sites excluding steroid dienone is 5. The highest BCUT2D eigenvalue weighted by molar-refractivity contribution is 6.69. The second-order valence-corrected chi connectivity index (χ2v) is 16.0. The van der Waals surface area contributed by atoms with Gasteiger partial charge in [-0.15, -0.1) is 0 Å². The van der Waals surface area contributed by atoms with Crippen molar-refractivity contribution in [3.8, 4) is 0 Å². The molecule has 0 radical (unpaired) electrons. The van der Waals surface area contributed by atoms with Crippen molar-refractivity contribution in [2.75, 3.05) is 6.61 Å². The lowest BCUT2D eigenvalue weighted by Crippen LogP contribution is -2.59. The van der Waals surface area contributed by atoms with Crippen LogP contribution in [0.25, 0.3) is 0 Å². The summed E-state index contributed by atoms with van der Waals surface area (Å²) < 4.78 is 27.4. The van der Waals surface area contributed by atoms with Crippen LogP contribution in [-0.4, -0.2) is 44.7 Å². The molecule has 0 saturated heterocycles. The van der Waals surface area contributed by atoms with E-state index in [4.69, 9.17) is 9.16 Å². The van der Waals surface area contributed by atoms with Crippen LogP contribution in [0.1, 0.15) is 40.0 Å². The fourth-order valence-corrected chi connectivity index (χ4v) is 8.25. The summed E-state index contributed by atoms with van der Waals surface area (Å²) in [6.45, 7) is 11.6. The monoisotopic (exact) mass is 474 g/mol. The van der Waals surface area contributed by atoms with Crippen molar-refractivity contribution in [2.24, 2.45) is 28.6 Å². The molecule has 0 unspecified atom stereocenters. The number of hydrogen-bond acceptors (Lipinski definition) is 5. The van der Waals surface area contributed by atoms with Gasteiger partial charge in [0.25, 0.3) is 0 Å². The maximum absolute atomic E-state index is 15.6. The Morgan fingerprint density at radius 2 is 1.94 bits per heavy atom. The number of ketones is 2. The summed E-state index contributed by atoms with van der Waals surface area (Å²) in [7, 11) is -1.98. The Balaban J connectivity index is 1.74. The molecular weight excluding hydrogens is 439 g/mol. The molecule has 0 aliphatic heterocycles. The number of alkyl halides is 1. The normalized spacial score (nSPS) is 39.7. The van der Waals surface area contributed by atoms with Crippen LogP contribution in [0.15, 0.2) is 35.5 Å². The van der Waals surface area contributed by atoms with Crippen LogP contribution in [-0.2, 0) is 23.5 Å². The zero-order valence-electron chi connectivity index (χ0n) is 20.4. The Hall–Kier alpha value is -1.86. The van der Waals surface area contributed by atoms with Gasteiger partial charge in [-0.3, -0.25) is 14.4 Å². The number of ether oxygens (including phenoxy) is 1. The van der Waals surface area contributed by atoms with Gasteiger partial charge in [0.1, 0.15) is 6.17 Å². The van der Waals surface area contributed by atoms with Crippen molar-refractivity contribution in [1.29, 1.82) is 0 Å². The Morgan fingerprint density at radius 3 is 2.58 bits per heavy atom. The van der Waals surface area contributed by atoms with Gasteiger partial charge >= 0.3 is 5.97 Å². The van der Waals surface area contributed by atoms with Crippen molar-refractivity contribution in [1.82, 2.24) is 0 Å². The van der Waals surface area contributed by atoms with E-state index in [2.05, 4.69) is 26.6 Å². The molecule has 0 aromatic carbocycles. The van der Waals surface area contributed by atoms with Gasteiger partial charge < -0.3 is 9.16 Å². The molecule has 4 rings (SSSR count). The first-order chi connectivity index (χ1) is 15.3. The average Bonchev–Trinajstić information content (AvgIpc) is 3.03. The van der Waals surface area contributed by atoms with Gasteiger partial charge in [-0.05, 0) is 74.4 Å². The third-order valence-electron chi connectivity index (χ3n) is 8.25. The Labute approximate surface area is 196 Å². The number of carbonyl (C=O) groups is 3. The molecule has 5 nitrogen and oxygen atoms in total. The van der Waals surface area contributed by atoms with E-state index in [1.54, 1.807) is 6.08 Å². The Morgan fingerprint density at radius 1 is 1.24 bits per heavy atom.